The van der Waals surface area contributed by atoms with Crippen LogP contribution in [0.1, 0.15) is 72.6 Å². The minimum atomic E-state index is 0.204. The van der Waals surface area contributed by atoms with Crippen LogP contribution in [-0.4, -0.2) is 5.78 Å². The molecule has 3 fully saturated rings. The van der Waals surface area contributed by atoms with E-state index >= 15 is 0 Å². The summed E-state index contributed by atoms with van der Waals surface area (Å²) in [6, 6.07) is 0. The molecule has 0 aromatic heterocycles. The summed E-state index contributed by atoms with van der Waals surface area (Å²) in [5.41, 5.74) is 2.38. The lowest BCUT2D eigenvalue weighted by Crippen LogP contribution is -2.50. The number of allylic oxidation sites excluding steroid dienone is 3. The van der Waals surface area contributed by atoms with Gasteiger partial charge >= 0.3 is 0 Å². The Labute approximate surface area is 154 Å². The maximum Gasteiger partial charge on any atom is 0.137 e. The highest BCUT2D eigenvalue weighted by atomic mass is 16.1. The summed E-state index contributed by atoms with van der Waals surface area (Å²) in [6.07, 6.45) is 13.3. The van der Waals surface area contributed by atoms with Crippen molar-refractivity contribution in [3.8, 4) is 0 Å². The van der Waals surface area contributed by atoms with E-state index in [9.17, 15) is 4.79 Å². The van der Waals surface area contributed by atoms with Crippen LogP contribution in [0.15, 0.2) is 24.3 Å². The van der Waals surface area contributed by atoms with Gasteiger partial charge in [-0.25, -0.2) is 0 Å². The molecule has 0 aromatic carbocycles. The van der Waals surface area contributed by atoms with Gasteiger partial charge in [0.2, 0.25) is 0 Å². The molecule has 4 aliphatic rings. The molecular formula is C24H36O. The van der Waals surface area contributed by atoms with Gasteiger partial charge in [0.25, 0.3) is 0 Å². The number of rotatable bonds is 2. The van der Waals surface area contributed by atoms with Gasteiger partial charge in [0.05, 0.1) is 0 Å². The van der Waals surface area contributed by atoms with E-state index in [4.69, 9.17) is 0 Å². The summed E-state index contributed by atoms with van der Waals surface area (Å²) in [7, 11) is 0. The van der Waals surface area contributed by atoms with Crippen molar-refractivity contribution < 1.29 is 4.79 Å². The van der Waals surface area contributed by atoms with Gasteiger partial charge in [0, 0.05) is 12.3 Å². The molecule has 0 heterocycles. The molecule has 0 aromatic rings. The number of carbonyl (C=O) groups excluding carboxylic acids is 1. The standard InChI is InChI=1S/C24H36O/c1-6-16(3)22-21(25)14-20-18-8-7-17-13-15(2)9-11-23(17,4)19(18)10-12-24(20,22)5/h6-7,15-16,18-20,22H,1,8-14H2,2-5H3/t15-,16+,18+,19-,20-,22?,23-,24-/m0/s1. The van der Waals surface area contributed by atoms with Crippen LogP contribution in [0.3, 0.4) is 0 Å². The fourth-order valence-corrected chi connectivity index (χ4v) is 7.70. The smallest absolute Gasteiger partial charge is 0.137 e. The van der Waals surface area contributed by atoms with E-state index in [0.717, 1.165) is 24.2 Å². The molecule has 0 radical (unpaired) electrons. The Hall–Kier alpha value is -0.850. The first kappa shape index (κ1) is 17.6. The molecule has 1 heteroatoms. The first-order valence-electron chi connectivity index (χ1n) is 10.7. The maximum atomic E-state index is 13.0. The Morgan fingerprint density at radius 1 is 1.20 bits per heavy atom. The van der Waals surface area contributed by atoms with Gasteiger partial charge in [-0.3, -0.25) is 4.79 Å². The van der Waals surface area contributed by atoms with Crippen molar-refractivity contribution in [2.45, 2.75) is 72.6 Å². The van der Waals surface area contributed by atoms with Gasteiger partial charge in [-0.2, -0.15) is 0 Å². The van der Waals surface area contributed by atoms with Crippen molar-refractivity contribution in [3.63, 3.8) is 0 Å². The summed E-state index contributed by atoms with van der Waals surface area (Å²) in [5, 5.41) is 0. The monoisotopic (exact) mass is 340 g/mol. The number of carbonyl (C=O) groups is 1. The minimum absolute atomic E-state index is 0.204. The van der Waals surface area contributed by atoms with E-state index in [1.165, 1.54) is 38.5 Å². The molecule has 0 amide bonds. The molecule has 4 rings (SSSR count). The van der Waals surface area contributed by atoms with Crippen LogP contribution in [0.5, 0.6) is 0 Å². The van der Waals surface area contributed by atoms with Gasteiger partial charge < -0.3 is 0 Å². The van der Waals surface area contributed by atoms with Crippen molar-refractivity contribution in [2.75, 3.05) is 0 Å². The van der Waals surface area contributed by atoms with E-state index < -0.39 is 0 Å². The van der Waals surface area contributed by atoms with Crippen LogP contribution in [0, 0.1) is 46.3 Å². The second-order valence-corrected chi connectivity index (χ2v) is 10.4. The molecule has 1 unspecified atom stereocenters. The molecule has 0 bridgehead atoms. The Balaban J connectivity index is 1.68. The van der Waals surface area contributed by atoms with Crippen LogP contribution < -0.4 is 0 Å². The number of Topliss-reactive ketones (excluding diaryl/α,β-unsaturated/α-hetero) is 1. The van der Waals surface area contributed by atoms with Crippen LogP contribution in [0.2, 0.25) is 0 Å². The summed E-state index contributed by atoms with van der Waals surface area (Å²) >= 11 is 0. The number of hydrogen-bond donors (Lipinski definition) is 0. The van der Waals surface area contributed by atoms with E-state index in [2.05, 4.69) is 40.3 Å². The summed E-state index contributed by atoms with van der Waals surface area (Å²) < 4.78 is 0. The fourth-order valence-electron chi connectivity index (χ4n) is 7.70. The lowest BCUT2D eigenvalue weighted by molar-refractivity contribution is -0.123. The number of ketones is 1. The Kier molecular flexibility index (Phi) is 4.09. The molecule has 8 atom stereocenters. The summed E-state index contributed by atoms with van der Waals surface area (Å²) in [4.78, 5) is 13.0. The zero-order valence-corrected chi connectivity index (χ0v) is 16.7. The van der Waals surface area contributed by atoms with Crippen LogP contribution in [0.25, 0.3) is 0 Å². The predicted octanol–water partition coefficient (Wildman–Crippen LogP) is 6.20. The van der Waals surface area contributed by atoms with E-state index in [-0.39, 0.29) is 11.3 Å². The van der Waals surface area contributed by atoms with Crippen LogP contribution in [-0.2, 0) is 4.79 Å². The largest absolute Gasteiger partial charge is 0.299 e. The molecule has 4 aliphatic carbocycles. The van der Waals surface area contributed by atoms with Crippen molar-refractivity contribution in [2.24, 2.45) is 46.3 Å². The predicted molar refractivity (Wildman–Crippen MR) is 104 cm³/mol. The molecule has 138 valence electrons. The average molecular weight is 341 g/mol. The Bertz CT molecular complexity index is 616. The summed E-state index contributed by atoms with van der Waals surface area (Å²) in [6.45, 7) is 13.6. The van der Waals surface area contributed by atoms with Crippen molar-refractivity contribution in [1.82, 2.24) is 0 Å². The van der Waals surface area contributed by atoms with Crippen LogP contribution in [0.4, 0.5) is 0 Å². The first-order chi connectivity index (χ1) is 11.8. The molecule has 0 N–H and O–H groups in total. The van der Waals surface area contributed by atoms with E-state index in [1.807, 2.05) is 6.08 Å². The van der Waals surface area contributed by atoms with Crippen LogP contribution >= 0.6 is 0 Å². The van der Waals surface area contributed by atoms with Gasteiger partial charge in [0.15, 0.2) is 0 Å². The van der Waals surface area contributed by atoms with Crippen molar-refractivity contribution in [3.05, 3.63) is 24.3 Å². The van der Waals surface area contributed by atoms with E-state index in [0.29, 0.717) is 23.0 Å². The molecular weight excluding hydrogens is 304 g/mol. The average Bonchev–Trinajstić information content (AvgIpc) is 2.85. The quantitative estimate of drug-likeness (QED) is 0.547. The molecule has 0 saturated heterocycles. The summed E-state index contributed by atoms with van der Waals surface area (Å²) in [5.74, 6) is 4.05. The molecule has 1 nitrogen and oxygen atoms in total. The second kappa shape index (κ2) is 5.83. The second-order valence-electron chi connectivity index (χ2n) is 10.4. The van der Waals surface area contributed by atoms with Gasteiger partial charge in [0.1, 0.15) is 5.78 Å². The Morgan fingerprint density at radius 3 is 2.68 bits per heavy atom. The first-order valence-corrected chi connectivity index (χ1v) is 10.7. The molecule has 0 spiro atoms. The lowest BCUT2D eigenvalue weighted by Gasteiger charge is -2.58. The topological polar surface area (TPSA) is 17.1 Å². The SMILES string of the molecule is C=C[C@@H](C)C1C(=O)C[C@H]2[C@@H]3CC=C4C[C@@H](C)CC[C@]4(C)[C@H]3CC[C@]12C. The molecule has 0 aliphatic heterocycles. The highest BCUT2D eigenvalue weighted by Gasteiger charge is 2.61. The minimum Gasteiger partial charge on any atom is -0.299 e. The molecule has 3 saturated carbocycles. The van der Waals surface area contributed by atoms with Gasteiger partial charge in [-0.1, -0.05) is 45.4 Å². The fraction of sp³-hybridized carbons (Fsp3) is 0.792. The van der Waals surface area contributed by atoms with Crippen molar-refractivity contribution in [1.29, 1.82) is 0 Å². The third-order valence-electron chi connectivity index (χ3n) is 9.16. The highest BCUT2D eigenvalue weighted by Crippen LogP contribution is 2.66. The maximum absolute atomic E-state index is 13.0. The zero-order valence-electron chi connectivity index (χ0n) is 16.7. The molecule has 25 heavy (non-hydrogen) atoms. The highest BCUT2D eigenvalue weighted by molar-refractivity contribution is 5.85. The zero-order chi connectivity index (χ0) is 18.0. The van der Waals surface area contributed by atoms with Gasteiger partial charge in [-0.15, -0.1) is 6.58 Å². The Morgan fingerprint density at radius 2 is 1.96 bits per heavy atom. The van der Waals surface area contributed by atoms with E-state index in [1.54, 1.807) is 5.57 Å². The third kappa shape index (κ3) is 2.37. The lowest BCUT2D eigenvalue weighted by atomic mass is 9.46. The third-order valence-corrected chi connectivity index (χ3v) is 9.16. The number of fused-ring (bicyclic) bond motifs is 5. The number of hydrogen-bond acceptors (Lipinski definition) is 1. The van der Waals surface area contributed by atoms with Crippen molar-refractivity contribution >= 4 is 5.78 Å². The normalized spacial score (nSPS) is 50.3. The van der Waals surface area contributed by atoms with Gasteiger partial charge in [-0.05, 0) is 78.9 Å².